The van der Waals surface area contributed by atoms with Crippen LogP contribution in [0.15, 0.2) is 89.0 Å². The molecule has 0 unspecified atom stereocenters. The summed E-state index contributed by atoms with van der Waals surface area (Å²) in [6.45, 7) is 4.13. The average Bonchev–Trinajstić information content (AvgIpc) is 3.46. The lowest BCUT2D eigenvalue weighted by Crippen LogP contribution is -2.38. The van der Waals surface area contributed by atoms with Gasteiger partial charge in [0.15, 0.2) is 5.78 Å². The molecule has 0 bridgehead atoms. The third-order valence-electron chi connectivity index (χ3n) is 7.22. The van der Waals surface area contributed by atoms with E-state index in [-0.39, 0.29) is 17.8 Å². The van der Waals surface area contributed by atoms with Crippen LogP contribution in [0, 0.1) is 5.82 Å². The Hall–Kier alpha value is -4.93. The molecular formula is C35H34F4N2O5. The first-order chi connectivity index (χ1) is 22.0. The van der Waals surface area contributed by atoms with Crippen LogP contribution in [-0.2, 0) is 30.2 Å². The highest BCUT2D eigenvalue weighted by atomic mass is 19.4. The molecule has 2 N–H and O–H groups in total. The topological polar surface area (TPSA) is 102 Å². The van der Waals surface area contributed by atoms with Crippen LogP contribution >= 0.6 is 0 Å². The molecule has 1 atom stereocenters. The van der Waals surface area contributed by atoms with Gasteiger partial charge in [0.2, 0.25) is 5.89 Å². The number of nitrogens with one attached hydrogen (secondary N) is 1. The number of alkyl halides is 3. The van der Waals surface area contributed by atoms with Gasteiger partial charge in [-0.05, 0) is 73.4 Å². The molecule has 1 aromatic heterocycles. The number of hydrogen-bond acceptors (Lipinski definition) is 6. The van der Waals surface area contributed by atoms with Crippen LogP contribution in [-0.4, -0.2) is 34.5 Å². The standard InChI is InChI=1S/C35H34F4N2O5/c1-3-27(21-31(42)23-9-13-25(14-10-23)35(37,38)39)40-30(34(43)44)20-22-7-17-28(18-8-22)45-19-5-6-29-32(4-2)46-33(41-29)24-11-15-26(36)16-12-24/h7-18,21,30,40H,3-6,19-20H2,1-2H3,(H,43,44)/b27-21-/t30-/m0/s1. The summed E-state index contributed by atoms with van der Waals surface area (Å²) in [5, 5.41) is 12.7. The lowest BCUT2D eigenvalue weighted by Gasteiger charge is -2.18. The highest BCUT2D eigenvalue weighted by molar-refractivity contribution is 6.04. The second kappa shape index (κ2) is 15.4. The fraction of sp³-hybridized carbons (Fsp3) is 0.286. The maximum atomic E-state index is 13.3. The Morgan fingerprint density at radius 3 is 2.26 bits per heavy atom. The van der Waals surface area contributed by atoms with Gasteiger partial charge in [0.25, 0.3) is 0 Å². The molecule has 0 fully saturated rings. The summed E-state index contributed by atoms with van der Waals surface area (Å²) in [5.74, 6) is -0.152. The summed E-state index contributed by atoms with van der Waals surface area (Å²) < 4.78 is 63.5. The largest absolute Gasteiger partial charge is 0.494 e. The zero-order valence-electron chi connectivity index (χ0n) is 25.4. The first-order valence-electron chi connectivity index (χ1n) is 14.8. The van der Waals surface area contributed by atoms with Crippen molar-refractivity contribution < 1.29 is 41.4 Å². The molecule has 7 nitrogen and oxygen atoms in total. The summed E-state index contributed by atoms with van der Waals surface area (Å²) in [7, 11) is 0. The predicted octanol–water partition coefficient (Wildman–Crippen LogP) is 7.84. The van der Waals surface area contributed by atoms with Crippen LogP contribution < -0.4 is 10.1 Å². The smallest absolute Gasteiger partial charge is 0.416 e. The fourth-order valence-electron chi connectivity index (χ4n) is 4.69. The number of ether oxygens (including phenoxy) is 1. The number of rotatable bonds is 15. The van der Waals surface area contributed by atoms with Crippen molar-refractivity contribution in [2.75, 3.05) is 6.61 Å². The van der Waals surface area contributed by atoms with E-state index in [0.717, 1.165) is 41.3 Å². The third-order valence-corrected chi connectivity index (χ3v) is 7.22. The number of carbonyl (C=O) groups excluding carboxylic acids is 1. The molecule has 0 saturated carbocycles. The van der Waals surface area contributed by atoms with Gasteiger partial charge in [0.1, 0.15) is 23.4 Å². The number of aromatic nitrogens is 1. The maximum Gasteiger partial charge on any atom is 0.416 e. The van der Waals surface area contributed by atoms with Gasteiger partial charge in [-0.1, -0.05) is 38.1 Å². The Kier molecular flexibility index (Phi) is 11.3. The van der Waals surface area contributed by atoms with E-state index in [0.29, 0.717) is 55.2 Å². The van der Waals surface area contributed by atoms with E-state index in [1.807, 2.05) is 6.92 Å². The van der Waals surface area contributed by atoms with Crippen molar-refractivity contribution in [1.82, 2.24) is 10.3 Å². The van der Waals surface area contributed by atoms with Crippen LogP contribution in [0.25, 0.3) is 11.5 Å². The molecule has 0 aliphatic carbocycles. The maximum absolute atomic E-state index is 13.3. The van der Waals surface area contributed by atoms with Gasteiger partial charge in [-0.25, -0.2) is 14.2 Å². The molecule has 4 rings (SSSR count). The van der Waals surface area contributed by atoms with E-state index in [1.54, 1.807) is 43.3 Å². The minimum atomic E-state index is -4.51. The van der Waals surface area contributed by atoms with E-state index >= 15 is 0 Å². The van der Waals surface area contributed by atoms with Gasteiger partial charge >= 0.3 is 12.1 Å². The molecule has 4 aromatic rings. The number of hydrogen-bond donors (Lipinski definition) is 2. The summed E-state index contributed by atoms with van der Waals surface area (Å²) in [6.07, 6.45) is -0.902. The number of aliphatic carboxylic acids is 1. The monoisotopic (exact) mass is 638 g/mol. The van der Waals surface area contributed by atoms with Crippen LogP contribution in [0.1, 0.15) is 59.6 Å². The number of allylic oxidation sites excluding steroid dienone is 2. The highest BCUT2D eigenvalue weighted by Crippen LogP contribution is 2.29. The summed E-state index contributed by atoms with van der Waals surface area (Å²) in [5.41, 5.74) is 1.80. The van der Waals surface area contributed by atoms with Gasteiger partial charge in [-0.3, -0.25) is 4.79 Å². The molecule has 0 aliphatic heterocycles. The third kappa shape index (κ3) is 9.29. The van der Waals surface area contributed by atoms with Crippen molar-refractivity contribution in [3.05, 3.63) is 119 Å². The number of ketones is 1. The number of halogens is 4. The molecule has 1 heterocycles. The van der Waals surface area contributed by atoms with Crippen molar-refractivity contribution in [3.8, 4) is 17.2 Å². The molecule has 3 aromatic carbocycles. The summed E-state index contributed by atoms with van der Waals surface area (Å²) in [4.78, 5) is 29.2. The van der Waals surface area contributed by atoms with Crippen molar-refractivity contribution in [1.29, 1.82) is 0 Å². The van der Waals surface area contributed by atoms with Gasteiger partial charge < -0.3 is 19.6 Å². The average molecular weight is 639 g/mol. The molecule has 0 amide bonds. The predicted molar refractivity (Wildman–Crippen MR) is 164 cm³/mol. The lowest BCUT2D eigenvalue weighted by molar-refractivity contribution is -0.139. The van der Waals surface area contributed by atoms with Crippen LogP contribution in [0.3, 0.4) is 0 Å². The molecule has 0 saturated heterocycles. The first-order valence-corrected chi connectivity index (χ1v) is 14.8. The molecule has 0 spiro atoms. The molecule has 11 heteroatoms. The zero-order chi connectivity index (χ0) is 33.3. The Morgan fingerprint density at radius 2 is 1.67 bits per heavy atom. The summed E-state index contributed by atoms with van der Waals surface area (Å²) >= 11 is 0. The van der Waals surface area contributed by atoms with Crippen molar-refractivity contribution in [2.45, 2.75) is 58.2 Å². The minimum absolute atomic E-state index is 0.0600. The van der Waals surface area contributed by atoms with Crippen molar-refractivity contribution in [3.63, 3.8) is 0 Å². The van der Waals surface area contributed by atoms with Crippen molar-refractivity contribution >= 4 is 11.8 Å². The highest BCUT2D eigenvalue weighted by Gasteiger charge is 2.30. The van der Waals surface area contributed by atoms with Crippen molar-refractivity contribution in [2.24, 2.45) is 0 Å². The normalized spacial score (nSPS) is 12.5. The zero-order valence-corrected chi connectivity index (χ0v) is 25.4. The number of carboxylic acids is 1. The quantitative estimate of drug-likeness (QED) is 0.0592. The molecule has 46 heavy (non-hydrogen) atoms. The van der Waals surface area contributed by atoms with Crippen LogP contribution in [0.5, 0.6) is 5.75 Å². The Labute approximate surface area is 263 Å². The van der Waals surface area contributed by atoms with E-state index in [4.69, 9.17) is 9.15 Å². The lowest BCUT2D eigenvalue weighted by atomic mass is 10.0. The number of nitrogens with zero attached hydrogens (tertiary/aromatic N) is 1. The number of aryl methyl sites for hydroxylation is 2. The van der Waals surface area contributed by atoms with E-state index in [2.05, 4.69) is 10.3 Å². The Balaban J connectivity index is 1.30. The Morgan fingerprint density at radius 1 is 1.00 bits per heavy atom. The molecule has 0 aliphatic rings. The molecule has 242 valence electrons. The van der Waals surface area contributed by atoms with Crippen LogP contribution in [0.2, 0.25) is 0 Å². The fourth-order valence-corrected chi connectivity index (χ4v) is 4.69. The minimum Gasteiger partial charge on any atom is -0.494 e. The summed E-state index contributed by atoms with van der Waals surface area (Å²) in [6, 6.07) is 15.8. The van der Waals surface area contributed by atoms with Gasteiger partial charge in [0.05, 0.1) is 17.9 Å². The first kappa shape index (κ1) is 34.0. The van der Waals surface area contributed by atoms with Gasteiger partial charge in [-0.15, -0.1) is 0 Å². The van der Waals surface area contributed by atoms with E-state index in [9.17, 15) is 32.3 Å². The SMILES string of the molecule is CC/C(=C/C(=O)c1ccc(C(F)(F)F)cc1)N[C@@H](Cc1ccc(OCCCc2nc(-c3ccc(F)cc3)oc2CC)cc1)C(=O)O. The number of carbonyl (C=O) groups is 2. The van der Waals surface area contributed by atoms with E-state index < -0.39 is 29.5 Å². The Bertz CT molecular complexity index is 1640. The van der Waals surface area contributed by atoms with Crippen LogP contribution in [0.4, 0.5) is 17.6 Å². The molecular weight excluding hydrogens is 604 g/mol. The number of benzene rings is 3. The second-order valence-corrected chi connectivity index (χ2v) is 10.5. The number of oxazole rings is 1. The van der Waals surface area contributed by atoms with Gasteiger partial charge in [0, 0.05) is 35.7 Å². The number of carboxylic acid groups (broad SMARTS) is 1. The van der Waals surface area contributed by atoms with Gasteiger partial charge in [-0.2, -0.15) is 13.2 Å². The molecule has 0 radical (unpaired) electrons. The second-order valence-electron chi connectivity index (χ2n) is 10.5. The van der Waals surface area contributed by atoms with E-state index in [1.165, 1.54) is 18.2 Å².